The van der Waals surface area contributed by atoms with Gasteiger partial charge in [-0.05, 0) is 72.2 Å². The summed E-state index contributed by atoms with van der Waals surface area (Å²) in [6.45, 7) is 3.15. The van der Waals surface area contributed by atoms with Crippen LogP contribution in [0.1, 0.15) is 50.2 Å². The maximum atomic E-state index is 12.5. The second-order valence-electron chi connectivity index (χ2n) is 9.30. The highest BCUT2D eigenvalue weighted by atomic mass is 33.1. The van der Waals surface area contributed by atoms with Crippen LogP contribution in [0.5, 0.6) is 11.5 Å². The largest absolute Gasteiger partial charge is 0.504 e. The predicted molar refractivity (Wildman–Crippen MR) is 145 cm³/mol. The third kappa shape index (κ3) is 6.74. The number of ketones is 2. The molecule has 1 aromatic rings. The van der Waals surface area contributed by atoms with E-state index in [9.17, 15) is 14.7 Å². The molecular formula is C27H34N2O4S2. The number of nitrogens with one attached hydrogen (secondary N) is 2. The van der Waals surface area contributed by atoms with E-state index in [1.807, 2.05) is 27.8 Å². The summed E-state index contributed by atoms with van der Waals surface area (Å²) < 4.78 is 5.30. The predicted octanol–water partition coefficient (Wildman–Crippen LogP) is 4.79. The van der Waals surface area contributed by atoms with E-state index in [2.05, 4.69) is 23.6 Å². The van der Waals surface area contributed by atoms with Crippen molar-refractivity contribution in [3.63, 3.8) is 0 Å². The van der Waals surface area contributed by atoms with Gasteiger partial charge in [-0.15, -0.1) is 0 Å². The molecule has 0 spiro atoms. The molecule has 0 amide bonds. The second kappa shape index (κ2) is 12.2. The molecule has 2 bridgehead atoms. The first-order valence-electron chi connectivity index (χ1n) is 12.3. The zero-order chi connectivity index (χ0) is 24.8. The number of methoxy groups -OCH3 is 1. The number of allylic oxidation sites excluding steroid dienone is 3. The summed E-state index contributed by atoms with van der Waals surface area (Å²) in [5.41, 5.74) is 4.14. The van der Waals surface area contributed by atoms with Crippen molar-refractivity contribution in [1.29, 1.82) is 0 Å². The fourth-order valence-corrected chi connectivity index (χ4v) is 7.94. The van der Waals surface area contributed by atoms with E-state index in [0.29, 0.717) is 29.8 Å². The number of piperidine rings is 1. The summed E-state index contributed by atoms with van der Waals surface area (Å²) in [7, 11) is 5.34. The average molecular weight is 515 g/mol. The van der Waals surface area contributed by atoms with Crippen molar-refractivity contribution in [1.82, 2.24) is 10.6 Å². The molecule has 1 fully saturated rings. The summed E-state index contributed by atoms with van der Waals surface area (Å²) in [5.74, 6) is 1.69. The molecule has 0 radical (unpaired) electrons. The molecule has 3 aliphatic rings. The second-order valence-corrected chi connectivity index (χ2v) is 11.9. The van der Waals surface area contributed by atoms with Crippen LogP contribution < -0.4 is 15.4 Å². The Kier molecular flexibility index (Phi) is 9.03. The minimum absolute atomic E-state index is 0.00232. The number of ether oxygens (including phenoxy) is 1. The van der Waals surface area contributed by atoms with Crippen molar-refractivity contribution in [2.45, 2.75) is 56.9 Å². The van der Waals surface area contributed by atoms with E-state index in [-0.39, 0.29) is 29.9 Å². The Balaban J connectivity index is 1.66. The van der Waals surface area contributed by atoms with Gasteiger partial charge in [0.05, 0.1) is 13.5 Å². The van der Waals surface area contributed by atoms with Gasteiger partial charge in [-0.25, -0.2) is 0 Å². The van der Waals surface area contributed by atoms with Gasteiger partial charge >= 0.3 is 0 Å². The minimum atomic E-state index is -0.202. The number of hydrogen-bond donors (Lipinski definition) is 3. The monoisotopic (exact) mass is 514 g/mol. The molecule has 3 heterocycles. The van der Waals surface area contributed by atoms with E-state index in [0.717, 1.165) is 48.3 Å². The SMILES string of the molecule is CCC1CCC(=O)CC(=O)C=Cc2cc(OC)c(O)cc2CC2=CNC3NCCC(SSC1)C3=C2. The summed E-state index contributed by atoms with van der Waals surface area (Å²) in [6, 6.07) is 3.44. The minimum Gasteiger partial charge on any atom is -0.504 e. The van der Waals surface area contributed by atoms with Gasteiger partial charge in [0.15, 0.2) is 17.3 Å². The molecule has 0 aromatic heterocycles. The van der Waals surface area contributed by atoms with Crippen LogP contribution in [-0.4, -0.2) is 47.5 Å². The third-order valence-electron chi connectivity index (χ3n) is 6.80. The number of hydrogen-bond acceptors (Lipinski definition) is 8. The number of benzene rings is 1. The van der Waals surface area contributed by atoms with Crippen molar-refractivity contribution in [2.24, 2.45) is 5.92 Å². The molecule has 3 unspecified atom stereocenters. The summed E-state index contributed by atoms with van der Waals surface area (Å²) in [6.07, 6.45) is 11.6. The van der Waals surface area contributed by atoms with E-state index >= 15 is 0 Å². The van der Waals surface area contributed by atoms with Crippen LogP contribution in [0.25, 0.3) is 6.08 Å². The molecule has 1 saturated heterocycles. The lowest BCUT2D eigenvalue weighted by atomic mass is 9.92. The summed E-state index contributed by atoms with van der Waals surface area (Å²) >= 11 is 0. The van der Waals surface area contributed by atoms with Crippen LogP contribution in [0, 0.1) is 5.92 Å². The number of aromatic hydroxyl groups is 1. The maximum absolute atomic E-state index is 12.5. The molecule has 3 N–H and O–H groups in total. The summed E-state index contributed by atoms with van der Waals surface area (Å²) in [4.78, 5) is 25.0. The molecule has 0 aliphatic carbocycles. The molecule has 0 saturated carbocycles. The molecule has 1 aromatic carbocycles. The first kappa shape index (κ1) is 25.9. The van der Waals surface area contributed by atoms with Crippen molar-refractivity contribution in [3.8, 4) is 11.5 Å². The number of dihydropyridines is 1. The molecular weight excluding hydrogens is 480 g/mol. The Bertz CT molecular complexity index is 1050. The number of phenols is 1. The van der Waals surface area contributed by atoms with E-state index in [1.54, 1.807) is 18.2 Å². The first-order chi connectivity index (χ1) is 17.0. The number of carbonyl (C=O) groups is 2. The lowest BCUT2D eigenvalue weighted by Crippen LogP contribution is -2.50. The number of fused-ring (bicyclic) bond motifs is 2. The van der Waals surface area contributed by atoms with Gasteiger partial charge < -0.3 is 15.2 Å². The van der Waals surface area contributed by atoms with Gasteiger partial charge in [-0.2, -0.15) is 0 Å². The van der Waals surface area contributed by atoms with E-state index < -0.39 is 0 Å². The van der Waals surface area contributed by atoms with Gasteiger partial charge in [0.2, 0.25) is 0 Å². The van der Waals surface area contributed by atoms with Gasteiger partial charge in [-0.3, -0.25) is 14.9 Å². The van der Waals surface area contributed by atoms with Gasteiger partial charge in [0.1, 0.15) is 11.9 Å². The van der Waals surface area contributed by atoms with Crippen LogP contribution in [0.15, 0.2) is 41.6 Å². The quantitative estimate of drug-likeness (QED) is 0.384. The molecule has 8 heteroatoms. The van der Waals surface area contributed by atoms with Crippen LogP contribution in [0.4, 0.5) is 0 Å². The van der Waals surface area contributed by atoms with Crippen molar-refractivity contribution in [2.75, 3.05) is 19.4 Å². The Morgan fingerprint density at radius 1 is 1.17 bits per heavy atom. The molecule has 188 valence electrons. The van der Waals surface area contributed by atoms with E-state index in [1.165, 1.54) is 18.8 Å². The topological polar surface area (TPSA) is 87.7 Å². The highest BCUT2D eigenvalue weighted by molar-refractivity contribution is 8.77. The smallest absolute Gasteiger partial charge is 0.163 e. The average Bonchev–Trinajstić information content (AvgIpc) is 2.85. The molecule has 3 aliphatic heterocycles. The fourth-order valence-electron chi connectivity index (χ4n) is 4.64. The maximum Gasteiger partial charge on any atom is 0.163 e. The normalized spacial score (nSPS) is 25.9. The van der Waals surface area contributed by atoms with Gasteiger partial charge in [0, 0.05) is 23.6 Å². The molecule has 4 rings (SSSR count). The first-order valence-corrected chi connectivity index (χ1v) is 14.7. The number of Topliss-reactive ketones (excluding diaryl/α,β-unsaturated/α-hetero) is 1. The Hall–Kier alpha value is -2.16. The number of phenolic OH excluding ortho intramolecular Hbond substituents is 1. The van der Waals surface area contributed by atoms with E-state index in [4.69, 9.17) is 4.74 Å². The lowest BCUT2D eigenvalue weighted by molar-refractivity contribution is -0.124. The van der Waals surface area contributed by atoms with Crippen LogP contribution in [0.3, 0.4) is 0 Å². The van der Waals surface area contributed by atoms with Crippen molar-refractivity contribution in [3.05, 3.63) is 52.8 Å². The lowest BCUT2D eigenvalue weighted by Gasteiger charge is -2.36. The highest BCUT2D eigenvalue weighted by Gasteiger charge is 2.30. The number of carbonyl (C=O) groups excluding carboxylic acids is 2. The fraction of sp³-hybridized carbons (Fsp3) is 0.481. The Labute approximate surface area is 215 Å². The van der Waals surface area contributed by atoms with Gasteiger partial charge in [-0.1, -0.05) is 47.1 Å². The zero-order valence-electron chi connectivity index (χ0n) is 20.3. The molecule has 35 heavy (non-hydrogen) atoms. The van der Waals surface area contributed by atoms with Crippen LogP contribution in [-0.2, 0) is 16.0 Å². The summed E-state index contributed by atoms with van der Waals surface area (Å²) in [5, 5.41) is 17.9. The van der Waals surface area contributed by atoms with Crippen LogP contribution >= 0.6 is 21.6 Å². The molecule has 3 atom stereocenters. The molecule has 6 nitrogen and oxygen atoms in total. The number of rotatable bonds is 2. The zero-order valence-corrected chi connectivity index (χ0v) is 22.0. The standard InChI is InChI=1S/C27H34N2O4S2/c1-3-17-4-6-21(30)14-22(31)7-5-19-13-25(33-2)24(32)12-20(19)10-18-11-23-26(35-34-16-17)8-9-28-27(23)29-15-18/h5,7,11-13,15,17,26-29,32H,3-4,6,8-10,14,16H2,1-2H3. The highest BCUT2D eigenvalue weighted by Crippen LogP contribution is 2.39. The third-order valence-corrected chi connectivity index (χ3v) is 9.80. The van der Waals surface area contributed by atoms with Crippen LogP contribution in [0.2, 0.25) is 0 Å². The Morgan fingerprint density at radius 3 is 2.83 bits per heavy atom. The van der Waals surface area contributed by atoms with Gasteiger partial charge in [0.25, 0.3) is 0 Å². The van der Waals surface area contributed by atoms with Crippen molar-refractivity contribution < 1.29 is 19.4 Å². The Morgan fingerprint density at radius 2 is 2.03 bits per heavy atom. The van der Waals surface area contributed by atoms with Crippen molar-refractivity contribution >= 4 is 39.2 Å².